The SMILES string of the molecule is CCCN(CC(=O)OC)S(=O)(=O)c1ccccc1Br. The van der Waals surface area contributed by atoms with Crippen molar-refractivity contribution in [3.05, 3.63) is 28.7 Å². The molecule has 0 amide bonds. The van der Waals surface area contributed by atoms with Crippen LogP contribution >= 0.6 is 15.9 Å². The van der Waals surface area contributed by atoms with Crippen molar-refractivity contribution in [2.45, 2.75) is 18.2 Å². The summed E-state index contributed by atoms with van der Waals surface area (Å²) in [5, 5.41) is 0. The molecule has 0 saturated heterocycles. The topological polar surface area (TPSA) is 63.7 Å². The van der Waals surface area contributed by atoms with Gasteiger partial charge in [-0.2, -0.15) is 4.31 Å². The quantitative estimate of drug-likeness (QED) is 0.737. The van der Waals surface area contributed by atoms with E-state index in [1.54, 1.807) is 18.2 Å². The molecule has 0 unspecified atom stereocenters. The van der Waals surface area contributed by atoms with Crippen molar-refractivity contribution in [2.75, 3.05) is 20.2 Å². The van der Waals surface area contributed by atoms with E-state index in [0.29, 0.717) is 10.9 Å². The van der Waals surface area contributed by atoms with Gasteiger partial charge < -0.3 is 4.74 Å². The van der Waals surface area contributed by atoms with Crippen LogP contribution in [0.4, 0.5) is 0 Å². The molecule has 0 heterocycles. The normalized spacial score (nSPS) is 11.6. The third-order valence-electron chi connectivity index (χ3n) is 2.46. The zero-order valence-electron chi connectivity index (χ0n) is 10.8. The number of sulfonamides is 1. The van der Waals surface area contributed by atoms with Crippen molar-refractivity contribution in [2.24, 2.45) is 0 Å². The van der Waals surface area contributed by atoms with E-state index in [1.807, 2.05) is 6.92 Å². The van der Waals surface area contributed by atoms with Gasteiger partial charge in [0.1, 0.15) is 6.54 Å². The number of nitrogens with zero attached hydrogens (tertiary/aromatic N) is 1. The molecule has 0 aliphatic heterocycles. The number of methoxy groups -OCH3 is 1. The number of carbonyl (C=O) groups excluding carboxylic acids is 1. The predicted molar refractivity (Wildman–Crippen MR) is 75.2 cm³/mol. The molecule has 0 spiro atoms. The van der Waals surface area contributed by atoms with Crippen LogP contribution in [-0.2, 0) is 19.6 Å². The molecule has 19 heavy (non-hydrogen) atoms. The maximum atomic E-state index is 12.5. The summed E-state index contributed by atoms with van der Waals surface area (Å²) in [6.07, 6.45) is 0.612. The minimum absolute atomic E-state index is 0.146. The Kier molecular flexibility index (Phi) is 5.96. The Morgan fingerprint density at radius 2 is 2.00 bits per heavy atom. The van der Waals surface area contributed by atoms with Crippen molar-refractivity contribution in [1.29, 1.82) is 0 Å². The van der Waals surface area contributed by atoms with Crippen molar-refractivity contribution >= 4 is 31.9 Å². The minimum Gasteiger partial charge on any atom is -0.468 e. The fourth-order valence-electron chi connectivity index (χ4n) is 1.54. The Labute approximate surface area is 121 Å². The van der Waals surface area contributed by atoms with E-state index in [1.165, 1.54) is 13.2 Å². The van der Waals surface area contributed by atoms with Gasteiger partial charge in [0.2, 0.25) is 10.0 Å². The van der Waals surface area contributed by atoms with Crippen molar-refractivity contribution in [1.82, 2.24) is 4.31 Å². The summed E-state index contributed by atoms with van der Waals surface area (Å²) in [5.74, 6) is -0.580. The van der Waals surface area contributed by atoms with E-state index in [0.717, 1.165) is 4.31 Å². The predicted octanol–water partition coefficient (Wildman–Crippen LogP) is 2.02. The molecular weight excluding hydrogens is 334 g/mol. The van der Waals surface area contributed by atoms with Crippen LogP contribution in [0.3, 0.4) is 0 Å². The average molecular weight is 350 g/mol. The first-order valence-corrected chi connectivity index (χ1v) is 7.98. The van der Waals surface area contributed by atoms with Crippen LogP contribution in [-0.4, -0.2) is 38.9 Å². The van der Waals surface area contributed by atoms with Crippen LogP contribution in [0.25, 0.3) is 0 Å². The third-order valence-corrected chi connectivity index (χ3v) is 5.32. The lowest BCUT2D eigenvalue weighted by atomic mass is 10.4. The monoisotopic (exact) mass is 349 g/mol. The molecule has 0 fully saturated rings. The summed E-state index contributed by atoms with van der Waals surface area (Å²) in [6.45, 7) is 1.83. The molecule has 0 radical (unpaired) electrons. The lowest BCUT2D eigenvalue weighted by molar-refractivity contribution is -0.140. The second-order valence-electron chi connectivity index (χ2n) is 3.85. The number of halogens is 1. The smallest absolute Gasteiger partial charge is 0.321 e. The van der Waals surface area contributed by atoms with Crippen molar-refractivity contribution in [3.8, 4) is 0 Å². The van der Waals surface area contributed by atoms with E-state index in [4.69, 9.17) is 0 Å². The maximum Gasteiger partial charge on any atom is 0.321 e. The molecule has 1 rings (SSSR count). The van der Waals surface area contributed by atoms with E-state index in [9.17, 15) is 13.2 Å². The lowest BCUT2D eigenvalue weighted by Gasteiger charge is -2.20. The molecule has 0 atom stereocenters. The van der Waals surface area contributed by atoms with Gasteiger partial charge in [-0.25, -0.2) is 8.42 Å². The van der Waals surface area contributed by atoms with Crippen LogP contribution in [0.15, 0.2) is 33.6 Å². The Balaban J connectivity index is 3.13. The second kappa shape index (κ2) is 7.02. The first kappa shape index (κ1) is 16.1. The minimum atomic E-state index is -3.71. The highest BCUT2D eigenvalue weighted by molar-refractivity contribution is 9.10. The molecule has 0 saturated carbocycles. The molecule has 0 bridgehead atoms. The molecule has 0 aliphatic carbocycles. The summed E-state index contributed by atoms with van der Waals surface area (Å²) in [4.78, 5) is 11.5. The van der Waals surface area contributed by atoms with Crippen LogP contribution < -0.4 is 0 Å². The van der Waals surface area contributed by atoms with Gasteiger partial charge in [0, 0.05) is 11.0 Å². The first-order valence-electron chi connectivity index (χ1n) is 5.75. The molecule has 7 heteroatoms. The highest BCUT2D eigenvalue weighted by Crippen LogP contribution is 2.24. The molecule has 0 N–H and O–H groups in total. The standard InChI is InChI=1S/C12H16BrNO4S/c1-3-8-14(9-12(15)18-2)19(16,17)11-7-5-4-6-10(11)13/h4-7H,3,8-9H2,1-2H3. The molecule has 1 aromatic rings. The number of hydrogen-bond donors (Lipinski definition) is 0. The molecule has 106 valence electrons. The summed E-state index contributed by atoms with van der Waals surface area (Å²) in [6, 6.07) is 6.52. The van der Waals surface area contributed by atoms with E-state index in [2.05, 4.69) is 20.7 Å². The Morgan fingerprint density at radius 1 is 1.37 bits per heavy atom. The van der Waals surface area contributed by atoms with E-state index < -0.39 is 16.0 Å². The number of rotatable bonds is 6. The average Bonchev–Trinajstić information content (AvgIpc) is 2.38. The maximum absolute atomic E-state index is 12.5. The third kappa shape index (κ3) is 4.02. The molecule has 0 aromatic heterocycles. The van der Waals surface area contributed by atoms with Crippen molar-refractivity contribution < 1.29 is 17.9 Å². The zero-order chi connectivity index (χ0) is 14.5. The van der Waals surface area contributed by atoms with Crippen LogP contribution in [0, 0.1) is 0 Å². The van der Waals surface area contributed by atoms with Crippen LogP contribution in [0.2, 0.25) is 0 Å². The van der Waals surface area contributed by atoms with Crippen LogP contribution in [0.1, 0.15) is 13.3 Å². The first-order chi connectivity index (χ1) is 8.93. The molecule has 1 aromatic carbocycles. The Morgan fingerprint density at radius 3 is 2.53 bits per heavy atom. The summed E-state index contributed by atoms with van der Waals surface area (Å²) in [5.41, 5.74) is 0. The highest BCUT2D eigenvalue weighted by Gasteiger charge is 2.27. The van der Waals surface area contributed by atoms with Crippen LogP contribution in [0.5, 0.6) is 0 Å². The summed E-state index contributed by atoms with van der Waals surface area (Å²) >= 11 is 3.21. The number of hydrogen-bond acceptors (Lipinski definition) is 4. The largest absolute Gasteiger partial charge is 0.468 e. The Hall–Kier alpha value is -0.920. The number of ether oxygens (including phenoxy) is 1. The molecular formula is C12H16BrNO4S. The number of esters is 1. The second-order valence-corrected chi connectivity index (χ2v) is 6.61. The zero-order valence-corrected chi connectivity index (χ0v) is 13.2. The summed E-state index contributed by atoms with van der Waals surface area (Å²) < 4.78 is 31.1. The van der Waals surface area contributed by atoms with Gasteiger partial charge in [-0.3, -0.25) is 4.79 Å². The fourth-order valence-corrected chi connectivity index (χ4v) is 3.98. The fraction of sp³-hybridized carbons (Fsp3) is 0.417. The highest BCUT2D eigenvalue weighted by atomic mass is 79.9. The van der Waals surface area contributed by atoms with Gasteiger partial charge in [-0.05, 0) is 34.5 Å². The number of benzene rings is 1. The van der Waals surface area contributed by atoms with Crippen molar-refractivity contribution in [3.63, 3.8) is 0 Å². The molecule has 5 nitrogen and oxygen atoms in total. The van der Waals surface area contributed by atoms with Gasteiger partial charge in [-0.15, -0.1) is 0 Å². The van der Waals surface area contributed by atoms with E-state index >= 15 is 0 Å². The number of carbonyl (C=O) groups is 1. The van der Waals surface area contributed by atoms with Gasteiger partial charge in [0.15, 0.2) is 0 Å². The summed E-state index contributed by atoms with van der Waals surface area (Å²) in [7, 11) is -2.48. The van der Waals surface area contributed by atoms with Gasteiger partial charge in [0.05, 0.1) is 12.0 Å². The van der Waals surface area contributed by atoms with Gasteiger partial charge in [0.25, 0.3) is 0 Å². The molecule has 0 aliphatic rings. The lowest BCUT2D eigenvalue weighted by Crippen LogP contribution is -2.36. The Bertz CT molecular complexity index is 544. The van der Waals surface area contributed by atoms with E-state index in [-0.39, 0.29) is 18.0 Å². The van der Waals surface area contributed by atoms with Gasteiger partial charge in [-0.1, -0.05) is 19.1 Å². The van der Waals surface area contributed by atoms with Gasteiger partial charge >= 0.3 is 5.97 Å².